The third-order valence-electron chi connectivity index (χ3n) is 3.15. The number of hydrogen-bond acceptors (Lipinski definition) is 4. The van der Waals surface area contributed by atoms with Crippen LogP contribution in [0.3, 0.4) is 0 Å². The highest BCUT2D eigenvalue weighted by atomic mass is 32.1. The topological polar surface area (TPSA) is 28.2 Å². The van der Waals surface area contributed by atoms with Gasteiger partial charge >= 0.3 is 0 Å². The molecule has 0 radical (unpaired) electrons. The minimum Gasteiger partial charge on any atom is -0.312 e. The van der Waals surface area contributed by atoms with Crippen LogP contribution >= 0.6 is 11.3 Å². The highest BCUT2D eigenvalue weighted by Gasteiger charge is 2.16. The monoisotopic (exact) mass is 247 g/mol. The Bertz CT molecular complexity index is 475. The molecular formula is C13H17N3S. The van der Waals surface area contributed by atoms with Gasteiger partial charge in [0.15, 0.2) is 0 Å². The lowest BCUT2D eigenvalue weighted by molar-refractivity contribution is 0.199. The first-order chi connectivity index (χ1) is 8.31. The molecule has 0 saturated carbocycles. The van der Waals surface area contributed by atoms with Crippen molar-refractivity contribution in [2.24, 2.45) is 0 Å². The largest absolute Gasteiger partial charge is 0.312 e. The predicted molar refractivity (Wildman–Crippen MR) is 72.4 cm³/mol. The summed E-state index contributed by atoms with van der Waals surface area (Å²) in [5, 5.41) is 4.70. The molecule has 1 aliphatic heterocycles. The van der Waals surface area contributed by atoms with Crippen molar-refractivity contribution in [2.45, 2.75) is 19.5 Å². The van der Waals surface area contributed by atoms with Crippen LogP contribution in [0.5, 0.6) is 0 Å². The summed E-state index contributed by atoms with van der Waals surface area (Å²) in [6, 6.07) is 8.97. The first-order valence-electron chi connectivity index (χ1n) is 6.11. The van der Waals surface area contributed by atoms with E-state index in [2.05, 4.69) is 46.4 Å². The molecule has 0 spiro atoms. The van der Waals surface area contributed by atoms with Crippen LogP contribution in [-0.2, 0) is 6.54 Å². The van der Waals surface area contributed by atoms with Crippen LogP contribution in [0.2, 0.25) is 0 Å². The number of para-hydroxylation sites is 1. The van der Waals surface area contributed by atoms with E-state index in [1.54, 1.807) is 0 Å². The fraction of sp³-hybridized carbons (Fsp3) is 0.462. The zero-order valence-electron chi connectivity index (χ0n) is 10.0. The molecule has 1 aliphatic rings. The van der Waals surface area contributed by atoms with E-state index in [1.807, 2.05) is 11.3 Å². The lowest BCUT2D eigenvalue weighted by Crippen LogP contribution is -2.48. The normalized spacial score (nSPS) is 22.1. The van der Waals surface area contributed by atoms with Crippen LogP contribution in [0.1, 0.15) is 11.9 Å². The van der Waals surface area contributed by atoms with Crippen molar-refractivity contribution in [1.29, 1.82) is 0 Å². The quantitative estimate of drug-likeness (QED) is 0.881. The van der Waals surface area contributed by atoms with Gasteiger partial charge in [-0.15, -0.1) is 11.3 Å². The number of piperazine rings is 1. The van der Waals surface area contributed by atoms with E-state index in [0.29, 0.717) is 6.04 Å². The van der Waals surface area contributed by atoms with E-state index in [4.69, 9.17) is 0 Å². The van der Waals surface area contributed by atoms with Crippen LogP contribution in [0.15, 0.2) is 24.3 Å². The number of benzene rings is 1. The van der Waals surface area contributed by atoms with Gasteiger partial charge < -0.3 is 5.32 Å². The summed E-state index contributed by atoms with van der Waals surface area (Å²) in [7, 11) is 0. The van der Waals surface area contributed by atoms with E-state index in [1.165, 1.54) is 9.71 Å². The van der Waals surface area contributed by atoms with Crippen molar-refractivity contribution in [2.75, 3.05) is 19.6 Å². The number of thiazole rings is 1. The van der Waals surface area contributed by atoms with Crippen molar-refractivity contribution in [3.63, 3.8) is 0 Å². The summed E-state index contributed by atoms with van der Waals surface area (Å²) in [6.45, 7) is 6.57. The van der Waals surface area contributed by atoms with Gasteiger partial charge in [0.05, 0.1) is 16.8 Å². The maximum atomic E-state index is 4.69. The third kappa shape index (κ3) is 2.49. The van der Waals surface area contributed by atoms with Crippen molar-refractivity contribution < 1.29 is 0 Å². The highest BCUT2D eigenvalue weighted by molar-refractivity contribution is 7.18. The van der Waals surface area contributed by atoms with E-state index >= 15 is 0 Å². The summed E-state index contributed by atoms with van der Waals surface area (Å²) in [5.41, 5.74) is 1.13. The summed E-state index contributed by atoms with van der Waals surface area (Å²) < 4.78 is 1.30. The van der Waals surface area contributed by atoms with Gasteiger partial charge in [-0.3, -0.25) is 4.90 Å². The molecule has 3 nitrogen and oxygen atoms in total. The second-order valence-corrected chi connectivity index (χ2v) is 5.78. The third-order valence-corrected chi connectivity index (χ3v) is 4.17. The van der Waals surface area contributed by atoms with Crippen molar-refractivity contribution in [3.8, 4) is 0 Å². The van der Waals surface area contributed by atoms with E-state index in [0.717, 1.165) is 31.7 Å². The van der Waals surface area contributed by atoms with Gasteiger partial charge in [0.25, 0.3) is 0 Å². The molecule has 0 bridgehead atoms. The van der Waals surface area contributed by atoms with Gasteiger partial charge in [0.1, 0.15) is 5.01 Å². The maximum absolute atomic E-state index is 4.69. The Morgan fingerprint density at radius 3 is 3.18 bits per heavy atom. The zero-order chi connectivity index (χ0) is 11.7. The zero-order valence-corrected chi connectivity index (χ0v) is 10.8. The molecule has 1 fully saturated rings. The van der Waals surface area contributed by atoms with Crippen LogP contribution < -0.4 is 5.32 Å². The first kappa shape index (κ1) is 11.1. The van der Waals surface area contributed by atoms with E-state index in [-0.39, 0.29) is 0 Å². The van der Waals surface area contributed by atoms with Gasteiger partial charge in [-0.1, -0.05) is 12.1 Å². The molecule has 90 valence electrons. The Hall–Kier alpha value is -0.970. The van der Waals surface area contributed by atoms with Gasteiger partial charge in [0.2, 0.25) is 0 Å². The van der Waals surface area contributed by atoms with E-state index in [9.17, 15) is 0 Å². The smallest absolute Gasteiger partial charge is 0.108 e. The molecular weight excluding hydrogens is 230 g/mol. The summed E-state index contributed by atoms with van der Waals surface area (Å²) >= 11 is 1.82. The Morgan fingerprint density at radius 2 is 2.35 bits per heavy atom. The Morgan fingerprint density at radius 1 is 1.47 bits per heavy atom. The second-order valence-electron chi connectivity index (χ2n) is 4.67. The Kier molecular flexibility index (Phi) is 3.09. The molecule has 1 aromatic heterocycles. The summed E-state index contributed by atoms with van der Waals surface area (Å²) in [4.78, 5) is 7.17. The second kappa shape index (κ2) is 4.72. The molecule has 1 N–H and O–H groups in total. The average molecular weight is 247 g/mol. The molecule has 0 aliphatic carbocycles. The van der Waals surface area contributed by atoms with Crippen LogP contribution in [0.4, 0.5) is 0 Å². The number of aromatic nitrogens is 1. The minimum atomic E-state index is 0.595. The minimum absolute atomic E-state index is 0.595. The molecule has 0 amide bonds. The van der Waals surface area contributed by atoms with Crippen molar-refractivity contribution >= 4 is 21.6 Å². The lowest BCUT2D eigenvalue weighted by Gasteiger charge is -2.31. The average Bonchev–Trinajstić information content (AvgIpc) is 2.71. The molecule has 1 aromatic carbocycles. The summed E-state index contributed by atoms with van der Waals surface area (Å²) in [5.74, 6) is 0. The van der Waals surface area contributed by atoms with Gasteiger partial charge in [-0.2, -0.15) is 0 Å². The molecule has 2 heterocycles. The van der Waals surface area contributed by atoms with Gasteiger partial charge in [0, 0.05) is 25.7 Å². The molecule has 17 heavy (non-hydrogen) atoms. The summed E-state index contributed by atoms with van der Waals surface area (Å²) in [6.07, 6.45) is 0. The molecule has 2 aromatic rings. The molecule has 1 atom stereocenters. The Balaban J connectivity index is 1.75. The van der Waals surface area contributed by atoms with Crippen LogP contribution in [-0.4, -0.2) is 35.6 Å². The van der Waals surface area contributed by atoms with Gasteiger partial charge in [-0.05, 0) is 19.1 Å². The van der Waals surface area contributed by atoms with Gasteiger partial charge in [-0.25, -0.2) is 4.98 Å². The predicted octanol–water partition coefficient (Wildman–Crippen LogP) is 2.09. The lowest BCUT2D eigenvalue weighted by atomic mass is 10.2. The Labute approximate surface area is 105 Å². The fourth-order valence-corrected chi connectivity index (χ4v) is 3.34. The molecule has 4 heteroatoms. The molecule has 1 saturated heterocycles. The number of hydrogen-bond donors (Lipinski definition) is 1. The number of rotatable bonds is 2. The highest BCUT2D eigenvalue weighted by Crippen LogP contribution is 2.22. The molecule has 3 rings (SSSR count). The van der Waals surface area contributed by atoms with Crippen LogP contribution in [0.25, 0.3) is 10.2 Å². The number of nitrogens with one attached hydrogen (secondary N) is 1. The number of nitrogens with zero attached hydrogens (tertiary/aromatic N) is 2. The maximum Gasteiger partial charge on any atom is 0.108 e. The fourth-order valence-electron chi connectivity index (χ4n) is 2.33. The standard InChI is InChI=1S/C13H17N3S/c1-10-8-16(7-6-14-10)9-13-15-11-4-2-3-5-12(11)17-13/h2-5,10,14H,6-9H2,1H3/t10-/m1/s1. The first-order valence-corrected chi connectivity index (χ1v) is 6.93. The van der Waals surface area contributed by atoms with E-state index < -0.39 is 0 Å². The number of fused-ring (bicyclic) bond motifs is 1. The van der Waals surface area contributed by atoms with Crippen molar-refractivity contribution in [3.05, 3.63) is 29.3 Å². The SMILES string of the molecule is C[C@@H]1CN(Cc2nc3ccccc3s2)CCN1. The molecule has 0 unspecified atom stereocenters. The van der Waals surface area contributed by atoms with Crippen LogP contribution in [0, 0.1) is 0 Å². The van der Waals surface area contributed by atoms with Crippen molar-refractivity contribution in [1.82, 2.24) is 15.2 Å².